The number of esters is 1. The molecular weight excluding hydrogens is 278 g/mol. The molecule has 0 aliphatic rings. The van der Waals surface area contributed by atoms with Gasteiger partial charge in [0.05, 0.1) is 0 Å². The van der Waals surface area contributed by atoms with Crippen molar-refractivity contribution in [2.75, 3.05) is 5.32 Å². The first kappa shape index (κ1) is 15.8. The van der Waals surface area contributed by atoms with Gasteiger partial charge < -0.3 is 10.1 Å². The van der Waals surface area contributed by atoms with E-state index in [1.54, 1.807) is 24.3 Å². The van der Waals surface area contributed by atoms with Gasteiger partial charge in [-0.25, -0.2) is 0 Å². The quantitative estimate of drug-likeness (QED) is 0.679. The smallest absolute Gasteiger partial charge is 0.311 e. The van der Waals surface area contributed by atoms with E-state index in [0.29, 0.717) is 24.3 Å². The van der Waals surface area contributed by atoms with Gasteiger partial charge in [0.25, 0.3) is 0 Å². The lowest BCUT2D eigenvalue weighted by molar-refractivity contribution is -0.134. The minimum Gasteiger partial charge on any atom is -0.427 e. The van der Waals surface area contributed by atoms with Gasteiger partial charge >= 0.3 is 5.97 Å². The third kappa shape index (κ3) is 5.05. The van der Waals surface area contributed by atoms with Crippen LogP contribution in [0.15, 0.2) is 48.5 Å². The topological polar surface area (TPSA) is 55.4 Å². The standard InChI is InChI=1S/C18H19NO3/c1-13-4-3-5-15(12-13)6-11-18(21)22-17-9-7-16(8-10-17)19-14(2)20/h3-5,7-10,12H,6,11H2,1-2H3,(H,19,20). The molecule has 0 aliphatic carbocycles. The first-order chi connectivity index (χ1) is 10.5. The fraction of sp³-hybridized carbons (Fsp3) is 0.222. The molecule has 2 rings (SSSR count). The summed E-state index contributed by atoms with van der Waals surface area (Å²) >= 11 is 0. The number of hydrogen-bond acceptors (Lipinski definition) is 3. The SMILES string of the molecule is CC(=O)Nc1ccc(OC(=O)CCc2cccc(C)c2)cc1. The van der Waals surface area contributed by atoms with Crippen molar-refractivity contribution in [1.82, 2.24) is 0 Å². The highest BCUT2D eigenvalue weighted by Crippen LogP contribution is 2.16. The molecule has 2 aromatic rings. The van der Waals surface area contributed by atoms with Crippen molar-refractivity contribution < 1.29 is 14.3 Å². The molecule has 0 spiro atoms. The summed E-state index contributed by atoms with van der Waals surface area (Å²) in [5.74, 6) is 0.0695. The first-order valence-corrected chi connectivity index (χ1v) is 7.17. The molecule has 1 amide bonds. The van der Waals surface area contributed by atoms with E-state index < -0.39 is 0 Å². The Morgan fingerprint density at radius 2 is 1.82 bits per heavy atom. The Balaban J connectivity index is 1.85. The third-order valence-corrected chi connectivity index (χ3v) is 3.11. The van der Waals surface area contributed by atoms with Gasteiger partial charge in [0, 0.05) is 19.0 Å². The van der Waals surface area contributed by atoms with E-state index in [-0.39, 0.29) is 11.9 Å². The largest absolute Gasteiger partial charge is 0.427 e. The molecule has 4 heteroatoms. The normalized spacial score (nSPS) is 10.1. The van der Waals surface area contributed by atoms with Gasteiger partial charge in [-0.1, -0.05) is 29.8 Å². The van der Waals surface area contributed by atoms with E-state index in [4.69, 9.17) is 4.74 Å². The molecule has 2 aromatic carbocycles. The second kappa shape index (κ2) is 7.41. The summed E-state index contributed by atoms with van der Waals surface area (Å²) in [6, 6.07) is 14.8. The summed E-state index contributed by atoms with van der Waals surface area (Å²) in [6.07, 6.45) is 0.987. The Kier molecular flexibility index (Phi) is 5.31. The van der Waals surface area contributed by atoms with Crippen molar-refractivity contribution in [3.8, 4) is 5.75 Å². The van der Waals surface area contributed by atoms with Gasteiger partial charge in [0.1, 0.15) is 5.75 Å². The van der Waals surface area contributed by atoms with Crippen LogP contribution in [0.25, 0.3) is 0 Å². The van der Waals surface area contributed by atoms with Crippen molar-refractivity contribution in [2.24, 2.45) is 0 Å². The van der Waals surface area contributed by atoms with Crippen molar-refractivity contribution in [1.29, 1.82) is 0 Å². The lowest BCUT2D eigenvalue weighted by atomic mass is 10.1. The van der Waals surface area contributed by atoms with E-state index in [9.17, 15) is 9.59 Å². The van der Waals surface area contributed by atoms with E-state index in [0.717, 1.165) is 5.56 Å². The van der Waals surface area contributed by atoms with Crippen molar-refractivity contribution in [2.45, 2.75) is 26.7 Å². The van der Waals surface area contributed by atoms with Crippen LogP contribution in [0, 0.1) is 6.92 Å². The zero-order valence-corrected chi connectivity index (χ0v) is 12.8. The molecule has 0 aliphatic heterocycles. The number of nitrogens with one attached hydrogen (secondary N) is 1. The number of rotatable bonds is 5. The summed E-state index contributed by atoms with van der Waals surface area (Å²) in [6.45, 7) is 3.47. The number of carbonyl (C=O) groups is 2. The highest BCUT2D eigenvalue weighted by Gasteiger charge is 2.06. The van der Waals surface area contributed by atoms with E-state index in [2.05, 4.69) is 11.4 Å². The van der Waals surface area contributed by atoms with Crippen LogP contribution in [0.1, 0.15) is 24.5 Å². The fourth-order valence-electron chi connectivity index (χ4n) is 2.11. The Morgan fingerprint density at radius 3 is 2.45 bits per heavy atom. The van der Waals surface area contributed by atoms with E-state index in [1.165, 1.54) is 12.5 Å². The molecule has 0 atom stereocenters. The maximum absolute atomic E-state index is 11.8. The van der Waals surface area contributed by atoms with Crippen LogP contribution in [0.4, 0.5) is 5.69 Å². The minimum atomic E-state index is -0.270. The first-order valence-electron chi connectivity index (χ1n) is 7.17. The van der Waals surface area contributed by atoms with Crippen LogP contribution in [0.5, 0.6) is 5.75 Å². The molecule has 22 heavy (non-hydrogen) atoms. The highest BCUT2D eigenvalue weighted by molar-refractivity contribution is 5.88. The number of anilines is 1. The van der Waals surface area contributed by atoms with Crippen LogP contribution in [-0.2, 0) is 16.0 Å². The molecule has 0 unspecified atom stereocenters. The van der Waals surface area contributed by atoms with Gasteiger partial charge in [0.2, 0.25) is 5.91 Å². The summed E-state index contributed by atoms with van der Waals surface area (Å²) < 4.78 is 5.27. The molecule has 114 valence electrons. The molecule has 0 fully saturated rings. The molecule has 0 bridgehead atoms. The number of amides is 1. The van der Waals surface area contributed by atoms with Crippen LogP contribution in [0.3, 0.4) is 0 Å². The maximum Gasteiger partial charge on any atom is 0.311 e. The predicted molar refractivity (Wildman–Crippen MR) is 85.9 cm³/mol. The molecular formula is C18H19NO3. The second-order valence-corrected chi connectivity index (χ2v) is 5.17. The number of ether oxygens (including phenoxy) is 1. The molecule has 4 nitrogen and oxygen atoms in total. The number of hydrogen-bond donors (Lipinski definition) is 1. The Hall–Kier alpha value is -2.62. The average molecular weight is 297 g/mol. The zero-order valence-electron chi connectivity index (χ0n) is 12.8. The van der Waals surface area contributed by atoms with Crippen LogP contribution in [-0.4, -0.2) is 11.9 Å². The zero-order chi connectivity index (χ0) is 15.9. The van der Waals surface area contributed by atoms with Gasteiger partial charge in [-0.2, -0.15) is 0 Å². The summed E-state index contributed by atoms with van der Waals surface area (Å²) in [5, 5.41) is 2.66. The second-order valence-electron chi connectivity index (χ2n) is 5.17. The van der Waals surface area contributed by atoms with Gasteiger partial charge in [-0.3, -0.25) is 9.59 Å². The van der Waals surface area contributed by atoms with E-state index >= 15 is 0 Å². The Bertz CT molecular complexity index is 662. The minimum absolute atomic E-state index is 0.136. The molecule has 1 N–H and O–H groups in total. The van der Waals surface area contributed by atoms with Crippen LogP contribution >= 0.6 is 0 Å². The van der Waals surface area contributed by atoms with Crippen molar-refractivity contribution >= 4 is 17.6 Å². The lowest BCUT2D eigenvalue weighted by Gasteiger charge is -2.06. The Morgan fingerprint density at radius 1 is 1.09 bits per heavy atom. The van der Waals surface area contributed by atoms with E-state index in [1.807, 2.05) is 25.1 Å². The fourth-order valence-corrected chi connectivity index (χ4v) is 2.11. The molecule has 0 heterocycles. The Labute approximate surface area is 130 Å². The number of benzene rings is 2. The summed E-state index contributed by atoms with van der Waals surface area (Å²) in [7, 11) is 0. The highest BCUT2D eigenvalue weighted by atomic mass is 16.5. The summed E-state index contributed by atoms with van der Waals surface area (Å²) in [4.78, 5) is 22.8. The maximum atomic E-state index is 11.8. The monoisotopic (exact) mass is 297 g/mol. The third-order valence-electron chi connectivity index (χ3n) is 3.11. The molecule has 0 saturated heterocycles. The predicted octanol–water partition coefficient (Wildman–Crippen LogP) is 3.49. The van der Waals surface area contributed by atoms with Crippen molar-refractivity contribution in [3.05, 3.63) is 59.7 Å². The number of aryl methyl sites for hydroxylation is 2. The lowest BCUT2D eigenvalue weighted by Crippen LogP contribution is -2.09. The molecule has 0 aromatic heterocycles. The molecule has 0 saturated carbocycles. The van der Waals surface area contributed by atoms with Crippen molar-refractivity contribution in [3.63, 3.8) is 0 Å². The van der Waals surface area contributed by atoms with Crippen LogP contribution in [0.2, 0.25) is 0 Å². The van der Waals surface area contributed by atoms with Gasteiger partial charge in [-0.05, 0) is 43.2 Å². The summed E-state index contributed by atoms with van der Waals surface area (Å²) in [5.41, 5.74) is 2.98. The van der Waals surface area contributed by atoms with Gasteiger partial charge in [-0.15, -0.1) is 0 Å². The van der Waals surface area contributed by atoms with Crippen LogP contribution < -0.4 is 10.1 Å². The van der Waals surface area contributed by atoms with Gasteiger partial charge in [0.15, 0.2) is 0 Å². The average Bonchev–Trinajstić information content (AvgIpc) is 2.47. The molecule has 0 radical (unpaired) electrons. The number of carbonyl (C=O) groups excluding carboxylic acids is 2.